The molecule has 0 fully saturated rings. The standard InChI is InChI=1S/C24H17Cl3F2O4/c1-31-22-9-3-14(2-8-21(30)15-4-6-17(7-5-15)33-24(28)29)10-16(22)13-32-23-12-19(26)18(25)11-20(23)27/h2-12,24H,13H2,1H3/b8-2+. The highest BCUT2D eigenvalue weighted by Crippen LogP contribution is 2.35. The van der Waals surface area contributed by atoms with E-state index in [0.29, 0.717) is 37.7 Å². The van der Waals surface area contributed by atoms with Crippen LogP contribution in [0.2, 0.25) is 15.1 Å². The second-order valence-corrected chi connectivity index (χ2v) is 7.88. The van der Waals surface area contributed by atoms with Crippen LogP contribution in [-0.2, 0) is 6.61 Å². The van der Waals surface area contributed by atoms with E-state index in [0.717, 1.165) is 5.56 Å². The van der Waals surface area contributed by atoms with Crippen LogP contribution in [0.25, 0.3) is 6.08 Å². The van der Waals surface area contributed by atoms with Gasteiger partial charge in [-0.05, 0) is 54.1 Å². The largest absolute Gasteiger partial charge is 0.496 e. The molecule has 0 saturated heterocycles. The fraction of sp³-hybridized carbons (Fsp3) is 0.125. The Morgan fingerprint density at radius 2 is 1.64 bits per heavy atom. The van der Waals surface area contributed by atoms with Gasteiger partial charge in [0.1, 0.15) is 23.9 Å². The quantitative estimate of drug-likeness (QED) is 0.167. The first-order chi connectivity index (χ1) is 15.8. The lowest BCUT2D eigenvalue weighted by atomic mass is 10.1. The highest BCUT2D eigenvalue weighted by atomic mass is 35.5. The number of hydrogen-bond donors (Lipinski definition) is 0. The maximum atomic E-state index is 12.4. The lowest BCUT2D eigenvalue weighted by molar-refractivity contribution is -0.0498. The summed E-state index contributed by atoms with van der Waals surface area (Å²) in [6.07, 6.45) is 3.01. The van der Waals surface area contributed by atoms with Gasteiger partial charge < -0.3 is 14.2 Å². The summed E-state index contributed by atoms with van der Waals surface area (Å²) in [6, 6.07) is 13.8. The molecule has 0 heterocycles. The van der Waals surface area contributed by atoms with Crippen molar-refractivity contribution in [3.05, 3.63) is 92.4 Å². The number of ketones is 1. The summed E-state index contributed by atoms with van der Waals surface area (Å²) in [6.45, 7) is -2.80. The normalized spacial score (nSPS) is 11.1. The van der Waals surface area contributed by atoms with Crippen LogP contribution in [0.3, 0.4) is 0 Å². The van der Waals surface area contributed by atoms with Crippen LogP contribution in [0, 0.1) is 0 Å². The first-order valence-electron chi connectivity index (χ1n) is 9.48. The SMILES string of the molecule is COc1ccc(/C=C/C(=O)c2ccc(OC(F)F)cc2)cc1COc1cc(Cl)c(Cl)cc1Cl. The summed E-state index contributed by atoms with van der Waals surface area (Å²) in [5.74, 6) is 0.634. The van der Waals surface area contributed by atoms with E-state index in [4.69, 9.17) is 44.3 Å². The Morgan fingerprint density at radius 3 is 2.30 bits per heavy atom. The third kappa shape index (κ3) is 6.84. The van der Waals surface area contributed by atoms with E-state index < -0.39 is 6.61 Å². The summed E-state index contributed by atoms with van der Waals surface area (Å²) in [5.41, 5.74) is 1.77. The van der Waals surface area contributed by atoms with Crippen LogP contribution < -0.4 is 14.2 Å². The Balaban J connectivity index is 1.73. The van der Waals surface area contributed by atoms with Crippen LogP contribution in [0.4, 0.5) is 8.78 Å². The zero-order valence-corrected chi connectivity index (χ0v) is 19.4. The lowest BCUT2D eigenvalue weighted by Gasteiger charge is -2.13. The molecule has 172 valence electrons. The van der Waals surface area contributed by atoms with Crippen molar-refractivity contribution in [1.82, 2.24) is 0 Å². The zero-order valence-electron chi connectivity index (χ0n) is 17.2. The molecule has 0 aliphatic rings. The minimum atomic E-state index is -2.92. The fourth-order valence-electron chi connectivity index (χ4n) is 2.85. The molecule has 0 aliphatic heterocycles. The number of halogens is 5. The number of benzene rings is 3. The van der Waals surface area contributed by atoms with Crippen LogP contribution in [0.5, 0.6) is 17.2 Å². The number of carbonyl (C=O) groups is 1. The highest BCUT2D eigenvalue weighted by Gasteiger charge is 2.11. The van der Waals surface area contributed by atoms with E-state index in [1.54, 1.807) is 24.3 Å². The second kappa shape index (κ2) is 11.4. The van der Waals surface area contributed by atoms with E-state index in [2.05, 4.69) is 4.74 Å². The molecular weight excluding hydrogens is 497 g/mol. The highest BCUT2D eigenvalue weighted by molar-refractivity contribution is 6.43. The topological polar surface area (TPSA) is 44.8 Å². The molecule has 0 atom stereocenters. The molecule has 0 saturated carbocycles. The summed E-state index contributed by atoms with van der Waals surface area (Å²) in [7, 11) is 1.53. The predicted molar refractivity (Wildman–Crippen MR) is 125 cm³/mol. The Bertz CT molecular complexity index is 1170. The van der Waals surface area contributed by atoms with Gasteiger partial charge in [-0.1, -0.05) is 46.9 Å². The van der Waals surface area contributed by atoms with Gasteiger partial charge in [0, 0.05) is 17.2 Å². The smallest absolute Gasteiger partial charge is 0.387 e. The summed E-state index contributed by atoms with van der Waals surface area (Å²) < 4.78 is 39.9. The fourth-order valence-corrected chi connectivity index (χ4v) is 3.45. The molecular formula is C24H17Cl3F2O4. The second-order valence-electron chi connectivity index (χ2n) is 6.66. The summed E-state index contributed by atoms with van der Waals surface area (Å²) >= 11 is 18.1. The first kappa shape index (κ1) is 24.8. The first-order valence-corrected chi connectivity index (χ1v) is 10.6. The third-order valence-electron chi connectivity index (χ3n) is 4.45. The molecule has 3 aromatic carbocycles. The summed E-state index contributed by atoms with van der Waals surface area (Å²) in [4.78, 5) is 12.4. The Kier molecular flexibility index (Phi) is 8.55. The molecule has 0 spiro atoms. The molecule has 0 amide bonds. The number of allylic oxidation sites excluding steroid dienone is 1. The van der Waals surface area contributed by atoms with Gasteiger partial charge in [0.15, 0.2) is 5.78 Å². The van der Waals surface area contributed by atoms with Crippen LogP contribution in [0.15, 0.2) is 60.7 Å². The molecule has 33 heavy (non-hydrogen) atoms. The maximum Gasteiger partial charge on any atom is 0.387 e. The Morgan fingerprint density at radius 1 is 0.939 bits per heavy atom. The van der Waals surface area contributed by atoms with Crippen molar-refractivity contribution < 1.29 is 27.8 Å². The van der Waals surface area contributed by atoms with Gasteiger partial charge in [0.05, 0.1) is 22.2 Å². The van der Waals surface area contributed by atoms with Crippen LogP contribution >= 0.6 is 34.8 Å². The minimum absolute atomic E-state index is 0.0209. The molecule has 0 aliphatic carbocycles. The molecule has 0 aromatic heterocycles. The Hall–Kier alpha value is -2.80. The number of ether oxygens (including phenoxy) is 3. The molecule has 0 radical (unpaired) electrons. The van der Waals surface area contributed by atoms with E-state index in [9.17, 15) is 13.6 Å². The minimum Gasteiger partial charge on any atom is -0.496 e. The Labute approximate surface area is 204 Å². The van der Waals surface area contributed by atoms with E-state index in [1.165, 1.54) is 49.6 Å². The lowest BCUT2D eigenvalue weighted by Crippen LogP contribution is -2.02. The summed E-state index contributed by atoms with van der Waals surface area (Å²) in [5, 5.41) is 0.946. The number of methoxy groups -OCH3 is 1. The van der Waals surface area contributed by atoms with E-state index in [-0.39, 0.29) is 18.1 Å². The van der Waals surface area contributed by atoms with Gasteiger partial charge in [0.25, 0.3) is 0 Å². The van der Waals surface area contributed by atoms with Crippen molar-refractivity contribution >= 4 is 46.7 Å². The molecule has 0 bridgehead atoms. The van der Waals surface area contributed by atoms with Gasteiger partial charge in [0.2, 0.25) is 0 Å². The van der Waals surface area contributed by atoms with Crippen molar-refractivity contribution in [2.75, 3.05) is 7.11 Å². The molecule has 4 nitrogen and oxygen atoms in total. The molecule has 9 heteroatoms. The average Bonchev–Trinajstić information content (AvgIpc) is 2.79. The molecule has 0 N–H and O–H groups in total. The van der Waals surface area contributed by atoms with Crippen LogP contribution in [-0.4, -0.2) is 19.5 Å². The van der Waals surface area contributed by atoms with Gasteiger partial charge >= 0.3 is 6.61 Å². The predicted octanol–water partition coefficient (Wildman–Crippen LogP) is 7.73. The number of rotatable bonds is 9. The van der Waals surface area contributed by atoms with Gasteiger partial charge in [-0.25, -0.2) is 0 Å². The van der Waals surface area contributed by atoms with Crippen molar-refractivity contribution in [3.8, 4) is 17.2 Å². The number of hydrogen-bond acceptors (Lipinski definition) is 4. The van der Waals surface area contributed by atoms with Gasteiger partial charge in [-0.2, -0.15) is 8.78 Å². The molecule has 0 unspecified atom stereocenters. The number of alkyl halides is 2. The zero-order chi connectivity index (χ0) is 24.0. The van der Waals surface area contributed by atoms with Gasteiger partial charge in [-0.3, -0.25) is 4.79 Å². The maximum absolute atomic E-state index is 12.4. The van der Waals surface area contributed by atoms with Crippen molar-refractivity contribution in [3.63, 3.8) is 0 Å². The molecule has 3 rings (SSSR count). The van der Waals surface area contributed by atoms with Crippen molar-refractivity contribution in [2.45, 2.75) is 13.2 Å². The van der Waals surface area contributed by atoms with E-state index in [1.807, 2.05) is 0 Å². The average molecular weight is 514 g/mol. The van der Waals surface area contributed by atoms with E-state index >= 15 is 0 Å². The van der Waals surface area contributed by atoms with Crippen molar-refractivity contribution in [2.24, 2.45) is 0 Å². The molecule has 3 aromatic rings. The number of carbonyl (C=O) groups excluding carboxylic acids is 1. The van der Waals surface area contributed by atoms with Gasteiger partial charge in [-0.15, -0.1) is 0 Å². The monoisotopic (exact) mass is 512 g/mol. The third-order valence-corrected chi connectivity index (χ3v) is 5.47. The van der Waals surface area contributed by atoms with Crippen molar-refractivity contribution in [1.29, 1.82) is 0 Å². The van der Waals surface area contributed by atoms with Crippen LogP contribution in [0.1, 0.15) is 21.5 Å².